The van der Waals surface area contributed by atoms with E-state index >= 15 is 0 Å². The minimum atomic E-state index is -2.45. The van der Waals surface area contributed by atoms with Crippen molar-refractivity contribution in [1.82, 2.24) is 5.32 Å². The molecule has 0 heterocycles. The van der Waals surface area contributed by atoms with E-state index < -0.39 is 65.1 Å². The van der Waals surface area contributed by atoms with Crippen molar-refractivity contribution in [2.24, 2.45) is 0 Å². The standard InChI is InChI=1S/C26H21F4NO6/c27-20-18(21(28)23(30)19(22(20)29)25(34)35)24(33)17(32)9-10-31-26(36)37-11-16-14-7-3-1-5-12(14)13-6-2-4-8-15(13)16/h1-8,16-17,24,32-33H,9-11H2,(H,31,36)(H,34,35). The molecule has 0 bridgehead atoms. The number of nitrogens with one attached hydrogen (secondary N) is 1. The molecule has 3 aromatic rings. The molecule has 4 rings (SSSR count). The van der Waals surface area contributed by atoms with Gasteiger partial charge < -0.3 is 25.4 Å². The number of halogens is 4. The van der Waals surface area contributed by atoms with Crippen LogP contribution in [0.5, 0.6) is 0 Å². The summed E-state index contributed by atoms with van der Waals surface area (Å²) < 4.78 is 61.5. The Morgan fingerprint density at radius 1 is 0.865 bits per heavy atom. The maximum Gasteiger partial charge on any atom is 0.407 e. The zero-order chi connectivity index (χ0) is 26.9. The third-order valence-corrected chi connectivity index (χ3v) is 6.22. The number of ether oxygens (including phenoxy) is 1. The van der Waals surface area contributed by atoms with Gasteiger partial charge in [-0.15, -0.1) is 0 Å². The van der Waals surface area contributed by atoms with Gasteiger partial charge >= 0.3 is 12.1 Å². The van der Waals surface area contributed by atoms with Crippen molar-refractivity contribution in [3.8, 4) is 11.1 Å². The number of hydrogen-bond donors (Lipinski definition) is 4. The van der Waals surface area contributed by atoms with Crippen LogP contribution in [0.25, 0.3) is 11.1 Å². The Hall–Kier alpha value is -3.96. The molecule has 0 saturated carbocycles. The molecule has 3 aromatic carbocycles. The van der Waals surface area contributed by atoms with Crippen molar-refractivity contribution in [1.29, 1.82) is 0 Å². The number of aromatic carboxylic acids is 1. The smallest absolute Gasteiger partial charge is 0.407 e. The molecule has 0 aromatic heterocycles. The maximum atomic E-state index is 14.2. The SMILES string of the molecule is O=C(NCCC(O)C(O)c1c(F)c(F)c(C(=O)O)c(F)c1F)OCC1c2ccccc2-c2ccccc21. The highest BCUT2D eigenvalue weighted by Crippen LogP contribution is 2.44. The van der Waals surface area contributed by atoms with Crippen LogP contribution in [0.3, 0.4) is 0 Å². The van der Waals surface area contributed by atoms with Gasteiger partial charge in [-0.1, -0.05) is 48.5 Å². The Balaban J connectivity index is 1.35. The first-order chi connectivity index (χ1) is 17.6. The Kier molecular flexibility index (Phi) is 7.46. The van der Waals surface area contributed by atoms with Gasteiger partial charge in [0.25, 0.3) is 0 Å². The number of aliphatic hydroxyl groups is 2. The van der Waals surface area contributed by atoms with Crippen LogP contribution in [0, 0.1) is 23.3 Å². The number of benzene rings is 3. The van der Waals surface area contributed by atoms with Crippen molar-refractivity contribution in [2.75, 3.05) is 13.2 Å². The highest BCUT2D eigenvalue weighted by Gasteiger charge is 2.34. The van der Waals surface area contributed by atoms with E-state index in [1.165, 1.54) is 0 Å². The number of rotatable bonds is 8. The second-order valence-electron chi connectivity index (χ2n) is 8.40. The average Bonchev–Trinajstić information content (AvgIpc) is 3.20. The minimum absolute atomic E-state index is 0.00986. The van der Waals surface area contributed by atoms with Crippen molar-refractivity contribution in [3.63, 3.8) is 0 Å². The van der Waals surface area contributed by atoms with Crippen LogP contribution in [0.4, 0.5) is 22.4 Å². The van der Waals surface area contributed by atoms with Crippen molar-refractivity contribution < 1.29 is 47.2 Å². The van der Waals surface area contributed by atoms with E-state index in [-0.39, 0.29) is 19.1 Å². The Bertz CT molecular complexity index is 1290. The predicted octanol–water partition coefficient (Wildman–Crippen LogP) is 4.26. The molecule has 4 N–H and O–H groups in total. The summed E-state index contributed by atoms with van der Waals surface area (Å²) in [5.74, 6) is -11.2. The van der Waals surface area contributed by atoms with E-state index in [2.05, 4.69) is 5.32 Å². The van der Waals surface area contributed by atoms with Gasteiger partial charge in [-0.2, -0.15) is 0 Å². The maximum absolute atomic E-state index is 14.2. The Morgan fingerprint density at radius 2 is 1.38 bits per heavy atom. The summed E-state index contributed by atoms with van der Waals surface area (Å²) >= 11 is 0. The number of carboxylic acid groups (broad SMARTS) is 1. The van der Waals surface area contributed by atoms with Gasteiger partial charge in [0.2, 0.25) is 0 Å². The summed E-state index contributed by atoms with van der Waals surface area (Å²) in [6.07, 6.45) is -5.75. The van der Waals surface area contributed by atoms with Gasteiger partial charge in [0.1, 0.15) is 18.3 Å². The molecule has 1 aliphatic carbocycles. The fourth-order valence-electron chi connectivity index (χ4n) is 4.42. The van der Waals surface area contributed by atoms with Crippen LogP contribution in [0.15, 0.2) is 48.5 Å². The number of fused-ring (bicyclic) bond motifs is 3. The van der Waals surface area contributed by atoms with Crippen LogP contribution in [-0.2, 0) is 4.74 Å². The van der Waals surface area contributed by atoms with Crippen LogP contribution in [0.2, 0.25) is 0 Å². The molecule has 11 heteroatoms. The largest absolute Gasteiger partial charge is 0.477 e. The van der Waals surface area contributed by atoms with E-state index in [9.17, 15) is 37.4 Å². The second kappa shape index (κ2) is 10.6. The summed E-state index contributed by atoms with van der Waals surface area (Å²) in [6.45, 7) is -0.313. The summed E-state index contributed by atoms with van der Waals surface area (Å²) in [5, 5.41) is 31.2. The molecule has 1 amide bonds. The Labute approximate surface area is 207 Å². The summed E-state index contributed by atoms with van der Waals surface area (Å²) in [4.78, 5) is 23.0. The second-order valence-corrected chi connectivity index (χ2v) is 8.40. The van der Waals surface area contributed by atoms with Gasteiger partial charge in [0, 0.05) is 12.5 Å². The number of carbonyl (C=O) groups is 2. The lowest BCUT2D eigenvalue weighted by molar-refractivity contribution is 0.00856. The number of carboxylic acids is 1. The molecule has 0 spiro atoms. The minimum Gasteiger partial charge on any atom is -0.477 e. The van der Waals surface area contributed by atoms with Gasteiger partial charge in [0.05, 0.1) is 11.7 Å². The first kappa shape index (κ1) is 26.1. The monoisotopic (exact) mass is 519 g/mol. The third-order valence-electron chi connectivity index (χ3n) is 6.22. The average molecular weight is 519 g/mol. The molecule has 37 heavy (non-hydrogen) atoms. The lowest BCUT2D eigenvalue weighted by Crippen LogP contribution is -2.31. The topological polar surface area (TPSA) is 116 Å². The van der Waals surface area contributed by atoms with Crippen LogP contribution < -0.4 is 5.32 Å². The number of alkyl carbamates (subject to hydrolysis) is 1. The fourth-order valence-corrected chi connectivity index (χ4v) is 4.42. The van der Waals surface area contributed by atoms with E-state index in [0.29, 0.717) is 0 Å². The Morgan fingerprint density at radius 3 is 1.89 bits per heavy atom. The van der Waals surface area contributed by atoms with E-state index in [4.69, 9.17) is 9.84 Å². The highest BCUT2D eigenvalue weighted by molar-refractivity contribution is 5.88. The third kappa shape index (κ3) is 4.87. The van der Waals surface area contributed by atoms with Gasteiger partial charge in [0.15, 0.2) is 23.3 Å². The quantitative estimate of drug-likeness (QED) is 0.261. The molecule has 2 unspecified atom stereocenters. The van der Waals surface area contributed by atoms with Crippen LogP contribution >= 0.6 is 0 Å². The lowest BCUT2D eigenvalue weighted by atomic mass is 9.98. The summed E-state index contributed by atoms with van der Waals surface area (Å²) in [6, 6.07) is 15.4. The molecule has 7 nitrogen and oxygen atoms in total. The molecule has 0 aliphatic heterocycles. The molecule has 1 aliphatic rings. The summed E-state index contributed by atoms with van der Waals surface area (Å²) in [7, 11) is 0. The molecular formula is C26H21F4NO6. The van der Waals surface area contributed by atoms with Crippen LogP contribution in [0.1, 0.15) is 45.5 Å². The van der Waals surface area contributed by atoms with Gasteiger partial charge in [-0.05, 0) is 28.7 Å². The highest BCUT2D eigenvalue weighted by atomic mass is 19.2. The normalized spacial score (nSPS) is 14.0. The number of amides is 1. The lowest BCUT2D eigenvalue weighted by Gasteiger charge is -2.20. The zero-order valence-electron chi connectivity index (χ0n) is 19.1. The number of aliphatic hydroxyl groups excluding tert-OH is 2. The molecule has 2 atom stereocenters. The number of carbonyl (C=O) groups excluding carboxylic acids is 1. The van der Waals surface area contributed by atoms with Crippen molar-refractivity contribution in [2.45, 2.75) is 24.5 Å². The molecule has 194 valence electrons. The van der Waals surface area contributed by atoms with Crippen molar-refractivity contribution in [3.05, 3.63) is 94.1 Å². The fraction of sp³-hybridized carbons (Fsp3) is 0.231. The molecular weight excluding hydrogens is 498 g/mol. The van der Waals surface area contributed by atoms with Crippen LogP contribution in [-0.4, -0.2) is 46.6 Å². The van der Waals surface area contributed by atoms with Gasteiger partial charge in [-0.25, -0.2) is 27.2 Å². The molecule has 0 fully saturated rings. The van der Waals surface area contributed by atoms with Crippen molar-refractivity contribution >= 4 is 12.1 Å². The zero-order valence-corrected chi connectivity index (χ0v) is 19.1. The van der Waals surface area contributed by atoms with E-state index in [1.807, 2.05) is 48.5 Å². The summed E-state index contributed by atoms with van der Waals surface area (Å²) in [5.41, 5.74) is 0.631. The van der Waals surface area contributed by atoms with E-state index in [0.717, 1.165) is 22.3 Å². The first-order valence-corrected chi connectivity index (χ1v) is 11.2. The van der Waals surface area contributed by atoms with E-state index in [1.54, 1.807) is 0 Å². The molecule has 0 saturated heterocycles. The predicted molar refractivity (Wildman–Crippen MR) is 122 cm³/mol. The molecule has 0 radical (unpaired) electrons. The first-order valence-electron chi connectivity index (χ1n) is 11.2. The van der Waals surface area contributed by atoms with Gasteiger partial charge in [-0.3, -0.25) is 0 Å². The number of hydrogen-bond acceptors (Lipinski definition) is 5.